The third kappa shape index (κ3) is 7.79. The monoisotopic (exact) mass is 493 g/mol. The Balaban J connectivity index is 0.00000338. The topological polar surface area (TPSA) is 68.8 Å². The Labute approximate surface area is 178 Å². The van der Waals surface area contributed by atoms with E-state index < -0.39 is 0 Å². The Morgan fingerprint density at radius 3 is 2.62 bits per heavy atom. The largest absolute Gasteiger partial charge is 0.356 e. The number of halogens is 1. The summed E-state index contributed by atoms with van der Waals surface area (Å²) in [6.45, 7) is 7.64. The van der Waals surface area contributed by atoms with Crippen molar-refractivity contribution in [2.45, 2.75) is 45.2 Å². The number of guanidine groups is 1. The molecule has 6 nitrogen and oxygen atoms in total. The number of hydrogen-bond donors (Lipinski definition) is 3. The van der Waals surface area contributed by atoms with Gasteiger partial charge >= 0.3 is 0 Å². The van der Waals surface area contributed by atoms with E-state index in [0.29, 0.717) is 19.0 Å². The smallest absolute Gasteiger partial charge is 0.221 e. The Morgan fingerprint density at radius 1 is 1.31 bits per heavy atom. The normalized spacial score (nSPS) is 16.2. The molecule has 0 saturated carbocycles. The number of likely N-dealkylation sites (tertiary alicyclic amines) is 1. The van der Waals surface area contributed by atoms with Crippen molar-refractivity contribution in [1.82, 2.24) is 20.9 Å². The number of nitrogens with one attached hydrogen (secondary N) is 3. The zero-order chi connectivity index (χ0) is 18.1. The molecule has 2 rings (SSSR count). The van der Waals surface area contributed by atoms with Crippen molar-refractivity contribution in [2.24, 2.45) is 4.99 Å². The number of aliphatic imine (C=N–C) groups is 1. The Bertz CT molecular complexity index is 544. The zero-order valence-electron chi connectivity index (χ0n) is 16.0. The van der Waals surface area contributed by atoms with Gasteiger partial charge in [0.2, 0.25) is 5.91 Å². The van der Waals surface area contributed by atoms with Crippen molar-refractivity contribution in [2.75, 3.05) is 33.2 Å². The van der Waals surface area contributed by atoms with Gasteiger partial charge in [0.05, 0.1) is 6.04 Å². The third-order valence-electron chi connectivity index (χ3n) is 4.23. The van der Waals surface area contributed by atoms with Gasteiger partial charge in [0.25, 0.3) is 0 Å². The van der Waals surface area contributed by atoms with Crippen molar-refractivity contribution in [1.29, 1.82) is 0 Å². The molecule has 1 aromatic rings. The molecule has 1 amide bonds. The number of hydrogen-bond acceptors (Lipinski definition) is 4. The fourth-order valence-corrected chi connectivity index (χ4v) is 3.91. The Hall–Kier alpha value is -0.870. The van der Waals surface area contributed by atoms with Crippen LogP contribution in [0.5, 0.6) is 0 Å². The van der Waals surface area contributed by atoms with Crippen molar-refractivity contribution in [3.8, 4) is 0 Å². The standard InChI is InChI=1S/C18H31N5OS.HI/c1-14(2)22-17(24)8-9-20-18(19-3)21-13-15(16-7-6-12-25-16)23-10-4-5-11-23;/h6-7,12,14-15H,4-5,8-11,13H2,1-3H3,(H,22,24)(H2,19,20,21);1H. The lowest BCUT2D eigenvalue weighted by Gasteiger charge is -2.27. The van der Waals surface area contributed by atoms with Crippen molar-refractivity contribution in [3.63, 3.8) is 0 Å². The Kier molecular flexibility index (Phi) is 11.1. The van der Waals surface area contributed by atoms with Crippen LogP contribution in [-0.4, -0.2) is 56.0 Å². The summed E-state index contributed by atoms with van der Waals surface area (Å²) in [6.07, 6.45) is 3.00. The van der Waals surface area contributed by atoms with Crippen LogP contribution in [0.1, 0.15) is 44.0 Å². The zero-order valence-corrected chi connectivity index (χ0v) is 19.1. The highest BCUT2D eigenvalue weighted by molar-refractivity contribution is 14.0. The van der Waals surface area contributed by atoms with Gasteiger partial charge in [-0.3, -0.25) is 14.7 Å². The van der Waals surface area contributed by atoms with E-state index in [1.54, 1.807) is 7.05 Å². The van der Waals surface area contributed by atoms with Gasteiger partial charge in [0, 0.05) is 37.5 Å². The molecule has 148 valence electrons. The van der Waals surface area contributed by atoms with Crippen molar-refractivity contribution < 1.29 is 4.79 Å². The molecule has 0 spiro atoms. The maximum atomic E-state index is 11.7. The van der Waals surface area contributed by atoms with E-state index in [9.17, 15) is 4.79 Å². The molecule has 8 heteroatoms. The van der Waals surface area contributed by atoms with Gasteiger partial charge in [-0.25, -0.2) is 0 Å². The summed E-state index contributed by atoms with van der Waals surface area (Å²) in [6, 6.07) is 4.88. The molecule has 1 aliphatic rings. The van der Waals surface area contributed by atoms with E-state index >= 15 is 0 Å². The number of amides is 1. The molecule has 26 heavy (non-hydrogen) atoms. The maximum absolute atomic E-state index is 11.7. The van der Waals surface area contributed by atoms with Gasteiger partial charge in [0.15, 0.2) is 5.96 Å². The van der Waals surface area contributed by atoms with Gasteiger partial charge in [0.1, 0.15) is 0 Å². The third-order valence-corrected chi connectivity index (χ3v) is 5.21. The van der Waals surface area contributed by atoms with Crippen molar-refractivity contribution in [3.05, 3.63) is 22.4 Å². The lowest BCUT2D eigenvalue weighted by Crippen LogP contribution is -2.43. The number of thiophene rings is 1. The summed E-state index contributed by atoms with van der Waals surface area (Å²) in [4.78, 5) is 19.9. The summed E-state index contributed by atoms with van der Waals surface area (Å²) >= 11 is 1.81. The molecular weight excluding hydrogens is 461 g/mol. The summed E-state index contributed by atoms with van der Waals surface area (Å²) in [5.41, 5.74) is 0. The minimum Gasteiger partial charge on any atom is -0.356 e. The lowest BCUT2D eigenvalue weighted by molar-refractivity contribution is -0.121. The molecule has 1 atom stereocenters. The van der Waals surface area contributed by atoms with Gasteiger partial charge in [-0.1, -0.05) is 6.07 Å². The SMILES string of the molecule is CN=C(NCCC(=O)NC(C)C)NCC(c1cccs1)N1CCCC1.I. The van der Waals surface area contributed by atoms with E-state index in [-0.39, 0.29) is 35.9 Å². The summed E-state index contributed by atoms with van der Waals surface area (Å²) in [5, 5.41) is 11.7. The van der Waals surface area contributed by atoms with Crippen LogP contribution in [0.4, 0.5) is 0 Å². The fraction of sp³-hybridized carbons (Fsp3) is 0.667. The van der Waals surface area contributed by atoms with Crippen LogP contribution in [0, 0.1) is 0 Å². The van der Waals surface area contributed by atoms with E-state index in [0.717, 1.165) is 25.6 Å². The molecule has 1 saturated heterocycles. The van der Waals surface area contributed by atoms with Crippen LogP contribution in [0.15, 0.2) is 22.5 Å². The second-order valence-corrected chi connectivity index (χ2v) is 7.61. The number of rotatable bonds is 8. The van der Waals surface area contributed by atoms with E-state index in [1.807, 2.05) is 25.2 Å². The first-order valence-corrected chi connectivity index (χ1v) is 9.99. The van der Waals surface area contributed by atoms with Crippen LogP contribution in [-0.2, 0) is 4.79 Å². The highest BCUT2D eigenvalue weighted by Crippen LogP contribution is 2.27. The molecule has 0 radical (unpaired) electrons. The number of carbonyl (C=O) groups is 1. The number of nitrogens with zero attached hydrogens (tertiary/aromatic N) is 2. The molecule has 3 N–H and O–H groups in total. The van der Waals surface area contributed by atoms with Crippen LogP contribution in [0.2, 0.25) is 0 Å². The second kappa shape index (κ2) is 12.5. The van der Waals surface area contributed by atoms with E-state index in [1.165, 1.54) is 17.7 Å². The van der Waals surface area contributed by atoms with Crippen molar-refractivity contribution >= 4 is 47.2 Å². The number of carbonyl (C=O) groups excluding carboxylic acids is 1. The van der Waals surface area contributed by atoms with Gasteiger partial charge in [-0.15, -0.1) is 35.3 Å². The fourth-order valence-electron chi connectivity index (χ4n) is 3.05. The molecule has 0 bridgehead atoms. The van der Waals surface area contributed by atoms with Crippen LogP contribution >= 0.6 is 35.3 Å². The maximum Gasteiger partial charge on any atom is 0.221 e. The van der Waals surface area contributed by atoms with Crippen LogP contribution in [0.3, 0.4) is 0 Å². The van der Waals surface area contributed by atoms with Crippen LogP contribution in [0.25, 0.3) is 0 Å². The first kappa shape index (κ1) is 23.2. The summed E-state index contributed by atoms with van der Waals surface area (Å²) in [7, 11) is 1.76. The second-order valence-electron chi connectivity index (χ2n) is 6.63. The molecule has 2 heterocycles. The molecular formula is C18H32IN5OS. The minimum absolute atomic E-state index is 0. The molecule has 1 aromatic heterocycles. The predicted molar refractivity (Wildman–Crippen MR) is 121 cm³/mol. The first-order valence-electron chi connectivity index (χ1n) is 9.11. The molecule has 1 unspecified atom stereocenters. The Morgan fingerprint density at radius 2 is 2.04 bits per heavy atom. The molecule has 1 fully saturated rings. The quantitative estimate of drug-likeness (QED) is 0.296. The highest BCUT2D eigenvalue weighted by atomic mass is 127. The van der Waals surface area contributed by atoms with Crippen LogP contribution < -0.4 is 16.0 Å². The molecule has 0 aromatic carbocycles. The lowest BCUT2D eigenvalue weighted by atomic mass is 10.2. The summed E-state index contributed by atoms with van der Waals surface area (Å²) in [5.74, 6) is 0.810. The molecule has 0 aliphatic carbocycles. The first-order chi connectivity index (χ1) is 12.1. The summed E-state index contributed by atoms with van der Waals surface area (Å²) < 4.78 is 0. The molecule has 1 aliphatic heterocycles. The van der Waals surface area contributed by atoms with Gasteiger partial charge in [-0.05, 0) is 51.2 Å². The van der Waals surface area contributed by atoms with E-state index in [4.69, 9.17) is 0 Å². The van der Waals surface area contributed by atoms with Gasteiger partial charge in [-0.2, -0.15) is 0 Å². The average molecular weight is 493 g/mol. The van der Waals surface area contributed by atoms with Gasteiger partial charge < -0.3 is 16.0 Å². The predicted octanol–water partition coefficient (Wildman–Crippen LogP) is 2.58. The minimum atomic E-state index is 0. The average Bonchev–Trinajstić information content (AvgIpc) is 3.27. The van der Waals surface area contributed by atoms with E-state index in [2.05, 4.69) is 43.4 Å². The highest BCUT2D eigenvalue weighted by Gasteiger charge is 2.24.